The van der Waals surface area contributed by atoms with Gasteiger partial charge in [-0.15, -0.1) is 0 Å². The Kier molecular flexibility index (Phi) is 6.49. The lowest BCUT2D eigenvalue weighted by molar-refractivity contribution is -0.149. The third-order valence-corrected chi connectivity index (χ3v) is 4.56. The molecule has 152 valence electrons. The molecule has 3 rings (SSSR count). The van der Waals surface area contributed by atoms with E-state index < -0.39 is 18.5 Å². The van der Waals surface area contributed by atoms with Gasteiger partial charge in [-0.1, -0.05) is 18.2 Å². The molecule has 1 aliphatic rings. The van der Waals surface area contributed by atoms with Crippen LogP contribution in [0.25, 0.3) is 0 Å². The molecule has 2 aromatic carbocycles. The molecule has 0 aromatic heterocycles. The van der Waals surface area contributed by atoms with E-state index in [0.717, 1.165) is 24.0 Å². The van der Waals surface area contributed by atoms with Crippen molar-refractivity contribution < 1.29 is 23.9 Å². The monoisotopic (exact) mass is 396 g/mol. The number of carbonyl (C=O) groups excluding carboxylic acids is 3. The van der Waals surface area contributed by atoms with Crippen LogP contribution in [0.5, 0.6) is 5.75 Å². The zero-order chi connectivity index (χ0) is 20.8. The highest BCUT2D eigenvalue weighted by Gasteiger charge is 2.25. The lowest BCUT2D eigenvalue weighted by atomic mass is 10.1. The highest BCUT2D eigenvalue weighted by molar-refractivity contribution is 6.04. The number of para-hydroxylation sites is 1. The average Bonchev–Trinajstić information content (AvgIpc) is 3.51. The number of nitrogens with one attached hydrogen (secondary N) is 2. The van der Waals surface area contributed by atoms with Crippen LogP contribution >= 0.6 is 0 Å². The molecule has 0 bridgehead atoms. The molecule has 7 nitrogen and oxygen atoms in total. The standard InChI is InChI=1S/C22H24N2O5/c1-14-7-10-17(11-15(14)2)28-13-21(26)29-12-20(25)24-19-6-4-3-5-18(19)22(27)23-16-8-9-16/h3-7,10-11,16H,8-9,12-13H2,1-2H3,(H,23,27)(H,24,25). The average molecular weight is 396 g/mol. The van der Waals surface area contributed by atoms with E-state index in [-0.39, 0.29) is 18.6 Å². The molecule has 2 N–H and O–H groups in total. The highest BCUT2D eigenvalue weighted by atomic mass is 16.6. The number of anilines is 1. The minimum Gasteiger partial charge on any atom is -0.482 e. The second-order valence-electron chi connectivity index (χ2n) is 7.04. The van der Waals surface area contributed by atoms with Crippen molar-refractivity contribution in [1.82, 2.24) is 5.32 Å². The molecule has 0 aliphatic heterocycles. The molecule has 0 radical (unpaired) electrons. The number of benzene rings is 2. The molecule has 2 aromatic rings. The fraction of sp³-hybridized carbons (Fsp3) is 0.318. The van der Waals surface area contributed by atoms with Crippen LogP contribution in [0.15, 0.2) is 42.5 Å². The molecule has 0 saturated heterocycles. The molecule has 0 heterocycles. The van der Waals surface area contributed by atoms with Crippen molar-refractivity contribution in [3.63, 3.8) is 0 Å². The van der Waals surface area contributed by atoms with Crippen molar-refractivity contribution in [3.8, 4) is 5.75 Å². The number of esters is 1. The van der Waals surface area contributed by atoms with Crippen molar-refractivity contribution in [3.05, 3.63) is 59.2 Å². The molecule has 1 saturated carbocycles. The first-order valence-electron chi connectivity index (χ1n) is 9.48. The smallest absolute Gasteiger partial charge is 0.344 e. The molecule has 29 heavy (non-hydrogen) atoms. The lowest BCUT2D eigenvalue weighted by Crippen LogP contribution is -2.28. The summed E-state index contributed by atoms with van der Waals surface area (Å²) in [6.45, 7) is 3.18. The molecule has 0 atom stereocenters. The second-order valence-corrected chi connectivity index (χ2v) is 7.04. The Morgan fingerprint density at radius 1 is 1.00 bits per heavy atom. The zero-order valence-corrected chi connectivity index (χ0v) is 16.5. The second kappa shape index (κ2) is 9.23. The van der Waals surface area contributed by atoms with Crippen molar-refractivity contribution in [2.24, 2.45) is 0 Å². The predicted octanol–water partition coefficient (Wildman–Crippen LogP) is 2.76. The van der Waals surface area contributed by atoms with Gasteiger partial charge in [0.25, 0.3) is 11.8 Å². The third-order valence-electron chi connectivity index (χ3n) is 4.56. The highest BCUT2D eigenvalue weighted by Crippen LogP contribution is 2.21. The first kappa shape index (κ1) is 20.4. The van der Waals surface area contributed by atoms with Gasteiger partial charge in [-0.3, -0.25) is 9.59 Å². The summed E-state index contributed by atoms with van der Waals surface area (Å²) >= 11 is 0. The van der Waals surface area contributed by atoms with E-state index in [0.29, 0.717) is 17.0 Å². The number of carbonyl (C=O) groups is 3. The van der Waals surface area contributed by atoms with E-state index in [2.05, 4.69) is 10.6 Å². The van der Waals surface area contributed by atoms with Crippen LogP contribution in [0.2, 0.25) is 0 Å². The van der Waals surface area contributed by atoms with E-state index in [1.54, 1.807) is 30.3 Å². The quantitative estimate of drug-likeness (QED) is 0.669. The molecule has 1 fully saturated rings. The summed E-state index contributed by atoms with van der Waals surface area (Å²) in [5, 5.41) is 5.49. The van der Waals surface area contributed by atoms with E-state index >= 15 is 0 Å². The minimum absolute atomic E-state index is 0.213. The number of hydrogen-bond acceptors (Lipinski definition) is 5. The van der Waals surface area contributed by atoms with Crippen LogP contribution in [0.1, 0.15) is 34.3 Å². The Labute approximate surface area is 169 Å². The van der Waals surface area contributed by atoms with Crippen LogP contribution < -0.4 is 15.4 Å². The van der Waals surface area contributed by atoms with Gasteiger partial charge in [0, 0.05) is 6.04 Å². The van der Waals surface area contributed by atoms with Crippen molar-refractivity contribution >= 4 is 23.5 Å². The Hall–Kier alpha value is -3.35. The maximum atomic E-state index is 12.3. The first-order chi connectivity index (χ1) is 13.9. The SMILES string of the molecule is Cc1ccc(OCC(=O)OCC(=O)Nc2ccccc2C(=O)NC2CC2)cc1C. The fourth-order valence-corrected chi connectivity index (χ4v) is 2.60. The van der Waals surface area contributed by atoms with Gasteiger partial charge >= 0.3 is 5.97 Å². The molecular weight excluding hydrogens is 372 g/mol. The number of rotatable bonds is 8. The molecule has 1 aliphatic carbocycles. The molecule has 2 amide bonds. The van der Waals surface area contributed by atoms with Gasteiger partial charge in [-0.2, -0.15) is 0 Å². The summed E-state index contributed by atoms with van der Waals surface area (Å²) in [4.78, 5) is 36.2. The molecular formula is C22H24N2O5. The van der Waals surface area contributed by atoms with Crippen molar-refractivity contribution in [1.29, 1.82) is 0 Å². The van der Waals surface area contributed by atoms with Crippen molar-refractivity contribution in [2.75, 3.05) is 18.5 Å². The third kappa shape index (κ3) is 6.07. The summed E-state index contributed by atoms with van der Waals surface area (Å²) < 4.78 is 10.3. The summed E-state index contributed by atoms with van der Waals surface area (Å²) in [5.41, 5.74) is 2.93. The molecule has 7 heteroatoms. The normalized spacial score (nSPS) is 12.8. The summed E-state index contributed by atoms with van der Waals surface area (Å²) in [7, 11) is 0. The predicted molar refractivity (Wildman–Crippen MR) is 108 cm³/mol. The molecule has 0 unspecified atom stereocenters. The largest absolute Gasteiger partial charge is 0.482 e. The van der Waals surface area contributed by atoms with Crippen molar-refractivity contribution in [2.45, 2.75) is 32.7 Å². The van der Waals surface area contributed by atoms with Crippen LogP contribution in [-0.2, 0) is 14.3 Å². The fourth-order valence-electron chi connectivity index (χ4n) is 2.60. The Morgan fingerprint density at radius 3 is 2.48 bits per heavy atom. The number of aryl methyl sites for hydroxylation is 2. The van der Waals surface area contributed by atoms with E-state index in [9.17, 15) is 14.4 Å². The Balaban J connectivity index is 1.46. The minimum atomic E-state index is -0.655. The number of hydrogen-bond donors (Lipinski definition) is 2. The maximum absolute atomic E-state index is 12.3. The van der Waals surface area contributed by atoms with Gasteiger partial charge < -0.3 is 20.1 Å². The van der Waals surface area contributed by atoms with Crippen LogP contribution in [0.3, 0.4) is 0 Å². The van der Waals surface area contributed by atoms with Crippen LogP contribution in [0.4, 0.5) is 5.69 Å². The van der Waals surface area contributed by atoms with Gasteiger partial charge in [0.2, 0.25) is 0 Å². The van der Waals surface area contributed by atoms with Gasteiger partial charge in [0.1, 0.15) is 5.75 Å². The van der Waals surface area contributed by atoms with Gasteiger partial charge in [-0.25, -0.2) is 4.79 Å². The first-order valence-corrected chi connectivity index (χ1v) is 9.48. The zero-order valence-electron chi connectivity index (χ0n) is 16.5. The van der Waals surface area contributed by atoms with Crippen LogP contribution in [-0.4, -0.2) is 37.0 Å². The summed E-state index contributed by atoms with van der Waals surface area (Å²) in [5.74, 6) is -0.860. The Morgan fingerprint density at radius 2 is 1.76 bits per heavy atom. The number of amides is 2. The Bertz CT molecular complexity index is 921. The topological polar surface area (TPSA) is 93.7 Å². The van der Waals surface area contributed by atoms with E-state index in [4.69, 9.17) is 9.47 Å². The van der Waals surface area contributed by atoms with Gasteiger partial charge in [0.15, 0.2) is 13.2 Å². The summed E-state index contributed by atoms with van der Waals surface area (Å²) in [6, 6.07) is 12.4. The van der Waals surface area contributed by atoms with E-state index in [1.807, 2.05) is 26.0 Å². The van der Waals surface area contributed by atoms with Gasteiger partial charge in [-0.05, 0) is 62.1 Å². The number of ether oxygens (including phenoxy) is 2. The van der Waals surface area contributed by atoms with Crippen LogP contribution in [0, 0.1) is 13.8 Å². The molecule has 0 spiro atoms. The summed E-state index contributed by atoms with van der Waals surface area (Å²) in [6.07, 6.45) is 1.95. The van der Waals surface area contributed by atoms with E-state index in [1.165, 1.54) is 0 Å². The lowest BCUT2D eigenvalue weighted by Gasteiger charge is -2.12. The van der Waals surface area contributed by atoms with Gasteiger partial charge in [0.05, 0.1) is 11.3 Å². The maximum Gasteiger partial charge on any atom is 0.344 e.